The maximum absolute atomic E-state index is 2.48. The van der Waals surface area contributed by atoms with E-state index in [1.807, 2.05) is 0 Å². The number of likely N-dealkylation sites (N-methyl/N-ethyl adjacent to an activating group) is 1. The summed E-state index contributed by atoms with van der Waals surface area (Å²) >= 11 is 0. The van der Waals surface area contributed by atoms with Crippen LogP contribution in [-0.2, 0) is 0 Å². The third-order valence-electron chi connectivity index (χ3n) is 3.91. The molecule has 0 bridgehead atoms. The molecule has 0 atom stereocenters. The Balaban J connectivity index is 5.37. The summed E-state index contributed by atoms with van der Waals surface area (Å²) in [4.78, 5) is 2.48. The number of allylic oxidation sites excluding steroid dienone is 3. The Hall–Kier alpha value is -0.720. The van der Waals surface area contributed by atoms with Gasteiger partial charge >= 0.3 is 0 Å². The van der Waals surface area contributed by atoms with Gasteiger partial charge in [-0.05, 0) is 45.1 Å². The van der Waals surface area contributed by atoms with Crippen LogP contribution in [0.3, 0.4) is 0 Å². The molecule has 0 N–H and O–H groups in total. The van der Waals surface area contributed by atoms with Gasteiger partial charge in [-0.1, -0.05) is 51.7 Å². The number of nitrogens with zero attached hydrogens (tertiary/aromatic N) is 1. The topological polar surface area (TPSA) is 3.24 Å². The fourth-order valence-electron chi connectivity index (χ4n) is 2.97. The molecule has 112 valence electrons. The molecule has 0 heterocycles. The Kier molecular flexibility index (Phi) is 8.13. The summed E-state index contributed by atoms with van der Waals surface area (Å²) in [5, 5.41) is 0. The molecule has 0 radical (unpaired) electrons. The predicted molar refractivity (Wildman–Crippen MR) is 88.3 cm³/mol. The van der Waals surface area contributed by atoms with Gasteiger partial charge in [0.25, 0.3) is 0 Å². The van der Waals surface area contributed by atoms with Crippen molar-refractivity contribution in [1.29, 1.82) is 0 Å². The Bertz CT molecular complexity index is 322. The van der Waals surface area contributed by atoms with Crippen molar-refractivity contribution in [2.45, 2.75) is 68.2 Å². The van der Waals surface area contributed by atoms with Crippen LogP contribution in [0.5, 0.6) is 0 Å². The van der Waals surface area contributed by atoms with E-state index in [9.17, 15) is 0 Å². The van der Waals surface area contributed by atoms with Crippen LogP contribution in [0.2, 0.25) is 0 Å². The number of rotatable bonds is 7. The molecule has 0 aromatic rings. The minimum atomic E-state index is 0.582. The summed E-state index contributed by atoms with van der Waals surface area (Å²) in [7, 11) is 2.26. The van der Waals surface area contributed by atoms with Crippen LogP contribution in [0, 0.1) is 11.8 Å². The lowest BCUT2D eigenvalue weighted by molar-refractivity contribution is 0.317. The van der Waals surface area contributed by atoms with Crippen LogP contribution < -0.4 is 0 Å². The highest BCUT2D eigenvalue weighted by Crippen LogP contribution is 2.29. The summed E-state index contributed by atoms with van der Waals surface area (Å²) in [5.74, 6) is 1.38. The van der Waals surface area contributed by atoms with Crippen LogP contribution in [0.4, 0.5) is 0 Å². The predicted octanol–water partition coefficient (Wildman–Crippen LogP) is 5.64. The highest BCUT2D eigenvalue weighted by molar-refractivity contribution is 5.37. The van der Waals surface area contributed by atoms with Gasteiger partial charge in [0.15, 0.2) is 0 Å². The Morgan fingerprint density at radius 2 is 1.37 bits per heavy atom. The van der Waals surface area contributed by atoms with E-state index >= 15 is 0 Å². The normalized spacial score (nSPS) is 10.9. The molecule has 0 aliphatic carbocycles. The van der Waals surface area contributed by atoms with Crippen LogP contribution in [0.15, 0.2) is 22.4 Å². The van der Waals surface area contributed by atoms with Gasteiger partial charge in [0.2, 0.25) is 0 Å². The SMILES string of the molecule is CCC(CC)CN(C)C(=C(C)C)C(=C(C)C)C(C)C. The van der Waals surface area contributed by atoms with Crippen molar-refractivity contribution >= 4 is 0 Å². The quantitative estimate of drug-likeness (QED) is 0.538. The van der Waals surface area contributed by atoms with Gasteiger partial charge in [-0.3, -0.25) is 0 Å². The third kappa shape index (κ3) is 5.42. The second-order valence-corrected chi connectivity index (χ2v) is 6.48. The molecule has 1 nitrogen and oxygen atoms in total. The van der Waals surface area contributed by atoms with Crippen molar-refractivity contribution in [2.75, 3.05) is 13.6 Å². The Morgan fingerprint density at radius 3 is 1.63 bits per heavy atom. The molecule has 0 fully saturated rings. The van der Waals surface area contributed by atoms with Crippen molar-refractivity contribution in [3.05, 3.63) is 22.4 Å². The molecule has 1 heteroatoms. The molecule has 0 saturated heterocycles. The van der Waals surface area contributed by atoms with Gasteiger partial charge in [0, 0.05) is 19.3 Å². The average Bonchev–Trinajstić information content (AvgIpc) is 2.30. The van der Waals surface area contributed by atoms with Crippen molar-refractivity contribution in [2.24, 2.45) is 11.8 Å². The van der Waals surface area contributed by atoms with Gasteiger partial charge in [0.05, 0.1) is 0 Å². The van der Waals surface area contributed by atoms with Crippen LogP contribution >= 0.6 is 0 Å². The highest BCUT2D eigenvalue weighted by Gasteiger charge is 2.18. The van der Waals surface area contributed by atoms with Gasteiger partial charge < -0.3 is 4.90 Å². The van der Waals surface area contributed by atoms with Gasteiger partial charge in [-0.15, -0.1) is 0 Å². The second-order valence-electron chi connectivity index (χ2n) is 6.48. The first-order chi connectivity index (χ1) is 8.76. The van der Waals surface area contributed by atoms with E-state index in [-0.39, 0.29) is 0 Å². The van der Waals surface area contributed by atoms with Gasteiger partial charge in [0.1, 0.15) is 0 Å². The largest absolute Gasteiger partial charge is 0.374 e. The summed E-state index contributed by atoms with van der Waals surface area (Å²) in [6, 6.07) is 0. The molecule has 0 saturated carbocycles. The Labute approximate surface area is 121 Å². The van der Waals surface area contributed by atoms with E-state index in [0.717, 1.165) is 12.5 Å². The zero-order chi connectivity index (χ0) is 15.2. The van der Waals surface area contributed by atoms with Crippen molar-refractivity contribution in [3.8, 4) is 0 Å². The molecular formula is C18H35N. The standard InChI is InChI=1S/C18H35N/c1-10-16(11-2)12-19(9)18(15(7)8)17(13(3)4)14(5)6/h13,16H,10-12H2,1-9H3. The molecular weight excluding hydrogens is 230 g/mol. The molecule has 0 aliphatic rings. The molecule has 0 aromatic heterocycles. The van der Waals surface area contributed by atoms with Crippen molar-refractivity contribution < 1.29 is 0 Å². The Morgan fingerprint density at radius 1 is 0.895 bits per heavy atom. The summed E-state index contributed by atoms with van der Waals surface area (Å²) in [6.07, 6.45) is 2.53. The fraction of sp³-hybridized carbons (Fsp3) is 0.778. The van der Waals surface area contributed by atoms with Crippen LogP contribution in [0.1, 0.15) is 68.2 Å². The molecule has 19 heavy (non-hydrogen) atoms. The molecule has 0 rings (SSSR count). The van der Waals surface area contributed by atoms with Gasteiger partial charge in [-0.25, -0.2) is 0 Å². The minimum Gasteiger partial charge on any atom is -0.374 e. The third-order valence-corrected chi connectivity index (χ3v) is 3.91. The molecule has 0 spiro atoms. The summed E-state index contributed by atoms with van der Waals surface area (Å²) in [6.45, 7) is 19.3. The van der Waals surface area contributed by atoms with Crippen LogP contribution in [0.25, 0.3) is 0 Å². The van der Waals surface area contributed by atoms with E-state index in [4.69, 9.17) is 0 Å². The first-order valence-electron chi connectivity index (χ1n) is 7.82. The lowest BCUT2D eigenvalue weighted by Crippen LogP contribution is -2.28. The van der Waals surface area contributed by atoms with Crippen molar-refractivity contribution in [1.82, 2.24) is 4.90 Å². The van der Waals surface area contributed by atoms with E-state index < -0.39 is 0 Å². The lowest BCUT2D eigenvalue weighted by atomic mass is 9.91. The van der Waals surface area contributed by atoms with E-state index in [1.165, 1.54) is 35.3 Å². The summed E-state index contributed by atoms with van der Waals surface area (Å²) < 4.78 is 0. The first-order valence-corrected chi connectivity index (χ1v) is 7.82. The monoisotopic (exact) mass is 265 g/mol. The molecule has 0 unspecified atom stereocenters. The fourth-order valence-corrected chi connectivity index (χ4v) is 2.97. The number of hydrogen-bond acceptors (Lipinski definition) is 1. The van der Waals surface area contributed by atoms with E-state index in [2.05, 4.69) is 67.3 Å². The number of hydrogen-bond donors (Lipinski definition) is 0. The first kappa shape index (κ1) is 18.3. The smallest absolute Gasteiger partial charge is 0.0384 e. The zero-order valence-corrected chi connectivity index (χ0v) is 14.7. The zero-order valence-electron chi connectivity index (χ0n) is 14.7. The lowest BCUT2D eigenvalue weighted by Gasteiger charge is -2.32. The second kappa shape index (κ2) is 8.45. The van der Waals surface area contributed by atoms with Crippen molar-refractivity contribution in [3.63, 3.8) is 0 Å². The highest BCUT2D eigenvalue weighted by atomic mass is 15.1. The average molecular weight is 265 g/mol. The maximum Gasteiger partial charge on any atom is 0.0384 e. The molecule has 0 aromatic carbocycles. The maximum atomic E-state index is 2.48. The van der Waals surface area contributed by atoms with E-state index in [1.54, 1.807) is 0 Å². The molecule has 0 amide bonds. The minimum absolute atomic E-state index is 0.582. The van der Waals surface area contributed by atoms with E-state index in [0.29, 0.717) is 5.92 Å². The molecule has 0 aliphatic heterocycles. The summed E-state index contributed by atoms with van der Waals surface area (Å²) in [5.41, 5.74) is 5.86. The van der Waals surface area contributed by atoms with Gasteiger partial charge in [-0.2, -0.15) is 0 Å². The van der Waals surface area contributed by atoms with Crippen LogP contribution in [-0.4, -0.2) is 18.5 Å².